The molecule has 0 saturated carbocycles. The van der Waals surface area contributed by atoms with E-state index in [0.717, 1.165) is 0 Å². The van der Waals surface area contributed by atoms with E-state index in [2.05, 4.69) is 15.5 Å². The van der Waals surface area contributed by atoms with E-state index in [1.54, 1.807) is 13.2 Å². The molecule has 0 aliphatic carbocycles. The number of nitrogens with two attached hydrogens (primary N) is 1. The van der Waals surface area contributed by atoms with Crippen molar-refractivity contribution in [3.8, 4) is 0 Å². The molecule has 2 unspecified atom stereocenters. The molecule has 7 heteroatoms. The van der Waals surface area contributed by atoms with E-state index in [-0.39, 0.29) is 17.0 Å². The van der Waals surface area contributed by atoms with Crippen molar-refractivity contribution in [2.75, 3.05) is 18.5 Å². The first kappa shape index (κ1) is 12.7. The Bertz CT molecular complexity index is 396. The quantitative estimate of drug-likeness (QED) is 0.682. The van der Waals surface area contributed by atoms with Gasteiger partial charge in [0.1, 0.15) is 5.56 Å². The van der Waals surface area contributed by atoms with Crippen molar-refractivity contribution in [1.82, 2.24) is 15.5 Å². The average Bonchev–Trinajstić information content (AvgIpc) is 2.54. The minimum absolute atomic E-state index is 0.0858. The summed E-state index contributed by atoms with van der Waals surface area (Å²) in [5.41, 5.74) is 6.53. The van der Waals surface area contributed by atoms with Crippen LogP contribution in [0, 0.1) is 6.92 Å². The number of aryl methyl sites for hydroxylation is 1. The van der Waals surface area contributed by atoms with Crippen LogP contribution in [0.4, 0.5) is 5.82 Å². The second kappa shape index (κ2) is 5.11. The first-order valence-corrected chi connectivity index (χ1v) is 6.46. The summed E-state index contributed by atoms with van der Waals surface area (Å²) in [5.74, 6) is -0.110. The van der Waals surface area contributed by atoms with Gasteiger partial charge in [-0.1, -0.05) is 0 Å². The Morgan fingerprint density at radius 3 is 2.75 bits per heavy atom. The number of carbonyl (C=O) groups excluding carboxylic acids is 1. The van der Waals surface area contributed by atoms with Crippen LogP contribution in [0.1, 0.15) is 23.0 Å². The van der Waals surface area contributed by atoms with Gasteiger partial charge in [0.05, 0.1) is 0 Å². The minimum atomic E-state index is -0.954. The molecular formula is C9H16N4O2S. The zero-order valence-corrected chi connectivity index (χ0v) is 10.4. The van der Waals surface area contributed by atoms with Crippen LogP contribution in [0.3, 0.4) is 0 Å². The van der Waals surface area contributed by atoms with Crippen molar-refractivity contribution in [3.63, 3.8) is 0 Å². The topological polar surface area (TPSA) is 101 Å². The molecule has 0 aliphatic heterocycles. The molecule has 4 N–H and O–H groups in total. The molecule has 1 aromatic heterocycles. The molecule has 0 aliphatic rings. The van der Waals surface area contributed by atoms with Crippen LogP contribution in [-0.2, 0) is 10.8 Å². The van der Waals surface area contributed by atoms with E-state index >= 15 is 0 Å². The van der Waals surface area contributed by atoms with Gasteiger partial charge in [0.2, 0.25) is 0 Å². The average molecular weight is 244 g/mol. The first-order chi connectivity index (χ1) is 7.43. The fourth-order valence-corrected chi connectivity index (χ4v) is 1.49. The van der Waals surface area contributed by atoms with Gasteiger partial charge >= 0.3 is 0 Å². The van der Waals surface area contributed by atoms with Crippen LogP contribution >= 0.6 is 0 Å². The number of anilines is 1. The van der Waals surface area contributed by atoms with Crippen LogP contribution in [-0.4, -0.2) is 38.4 Å². The lowest BCUT2D eigenvalue weighted by molar-refractivity contribution is 0.0954. The summed E-state index contributed by atoms with van der Waals surface area (Å²) in [6.45, 7) is 3.88. The summed E-state index contributed by atoms with van der Waals surface area (Å²) in [5, 5.41) is 8.95. The summed E-state index contributed by atoms with van der Waals surface area (Å²) in [6.07, 6.45) is 1.61. The summed E-state index contributed by atoms with van der Waals surface area (Å²) >= 11 is 0. The Hall–Kier alpha value is -1.37. The van der Waals surface area contributed by atoms with E-state index < -0.39 is 10.8 Å². The highest BCUT2D eigenvalue weighted by Gasteiger charge is 2.17. The monoisotopic (exact) mass is 244 g/mol. The summed E-state index contributed by atoms with van der Waals surface area (Å²) < 4.78 is 11.1. The molecule has 0 fully saturated rings. The summed E-state index contributed by atoms with van der Waals surface area (Å²) in [7, 11) is -0.954. The van der Waals surface area contributed by atoms with Crippen LogP contribution in [0.15, 0.2) is 0 Å². The molecule has 2 atom stereocenters. The van der Waals surface area contributed by atoms with Crippen LogP contribution in [0.5, 0.6) is 0 Å². The predicted molar refractivity (Wildman–Crippen MR) is 63.6 cm³/mol. The third kappa shape index (κ3) is 2.82. The van der Waals surface area contributed by atoms with Crippen molar-refractivity contribution >= 4 is 22.5 Å². The molecule has 90 valence electrons. The van der Waals surface area contributed by atoms with Crippen molar-refractivity contribution in [2.24, 2.45) is 0 Å². The van der Waals surface area contributed by atoms with Crippen molar-refractivity contribution in [1.29, 1.82) is 0 Å². The van der Waals surface area contributed by atoms with Gasteiger partial charge in [-0.15, -0.1) is 0 Å². The van der Waals surface area contributed by atoms with Gasteiger partial charge in [-0.3, -0.25) is 14.1 Å². The molecule has 1 aromatic rings. The van der Waals surface area contributed by atoms with Crippen LogP contribution < -0.4 is 11.1 Å². The van der Waals surface area contributed by atoms with E-state index in [9.17, 15) is 9.00 Å². The number of aromatic amines is 1. The number of hydrogen-bond acceptors (Lipinski definition) is 4. The standard InChI is InChI=1S/C9H16N4O2S/c1-5(16(3)15)4-11-9(14)7-6(2)12-13-8(7)10/h5H,4H2,1-3H3,(H,11,14)(H3,10,12,13). The van der Waals surface area contributed by atoms with Crippen molar-refractivity contribution < 1.29 is 9.00 Å². The normalized spacial score (nSPS) is 14.4. The Morgan fingerprint density at radius 2 is 2.31 bits per heavy atom. The maximum Gasteiger partial charge on any atom is 0.256 e. The van der Waals surface area contributed by atoms with Gasteiger partial charge < -0.3 is 11.1 Å². The second-order valence-electron chi connectivity index (χ2n) is 3.63. The lowest BCUT2D eigenvalue weighted by atomic mass is 10.2. The van der Waals surface area contributed by atoms with Crippen LogP contribution in [0.2, 0.25) is 0 Å². The van der Waals surface area contributed by atoms with Crippen LogP contribution in [0.25, 0.3) is 0 Å². The Kier molecular flexibility index (Phi) is 4.05. The maximum atomic E-state index is 11.7. The lowest BCUT2D eigenvalue weighted by Crippen LogP contribution is -2.33. The number of nitrogens with zero attached hydrogens (tertiary/aromatic N) is 1. The lowest BCUT2D eigenvalue weighted by Gasteiger charge is -2.09. The van der Waals surface area contributed by atoms with E-state index in [0.29, 0.717) is 17.8 Å². The van der Waals surface area contributed by atoms with Gasteiger partial charge in [0.25, 0.3) is 5.91 Å². The molecule has 0 saturated heterocycles. The van der Waals surface area contributed by atoms with Crippen molar-refractivity contribution in [3.05, 3.63) is 11.3 Å². The molecule has 6 nitrogen and oxygen atoms in total. The molecule has 0 bridgehead atoms. The minimum Gasteiger partial charge on any atom is -0.382 e. The molecule has 1 rings (SSSR count). The Morgan fingerprint density at radius 1 is 1.69 bits per heavy atom. The molecule has 1 heterocycles. The number of H-pyrrole nitrogens is 1. The van der Waals surface area contributed by atoms with Gasteiger partial charge in [0.15, 0.2) is 5.82 Å². The first-order valence-electron chi connectivity index (χ1n) is 4.84. The maximum absolute atomic E-state index is 11.7. The SMILES string of the molecule is Cc1[nH]nc(N)c1C(=O)NCC(C)S(C)=O. The van der Waals surface area contributed by atoms with Gasteiger partial charge in [-0.25, -0.2) is 0 Å². The summed E-state index contributed by atoms with van der Waals surface area (Å²) in [4.78, 5) is 11.7. The van der Waals surface area contributed by atoms with Gasteiger partial charge in [-0.05, 0) is 13.8 Å². The number of aromatic nitrogens is 2. The highest BCUT2D eigenvalue weighted by Crippen LogP contribution is 2.11. The highest BCUT2D eigenvalue weighted by molar-refractivity contribution is 7.84. The third-order valence-electron chi connectivity index (χ3n) is 2.32. The number of rotatable bonds is 4. The molecule has 0 aromatic carbocycles. The van der Waals surface area contributed by atoms with Crippen molar-refractivity contribution in [2.45, 2.75) is 19.1 Å². The molecular weight excluding hydrogens is 228 g/mol. The molecule has 1 amide bonds. The summed E-state index contributed by atoms with van der Waals surface area (Å²) in [6, 6.07) is 0. The zero-order valence-electron chi connectivity index (χ0n) is 9.53. The largest absolute Gasteiger partial charge is 0.382 e. The number of hydrogen-bond donors (Lipinski definition) is 3. The zero-order chi connectivity index (χ0) is 12.3. The molecule has 0 radical (unpaired) electrons. The highest BCUT2D eigenvalue weighted by atomic mass is 32.2. The van der Waals surface area contributed by atoms with Gasteiger partial charge in [-0.2, -0.15) is 5.10 Å². The Labute approximate surface area is 96.4 Å². The van der Waals surface area contributed by atoms with E-state index in [1.165, 1.54) is 0 Å². The number of carbonyl (C=O) groups is 1. The fraction of sp³-hybridized carbons (Fsp3) is 0.556. The second-order valence-corrected chi connectivity index (χ2v) is 5.43. The molecule has 16 heavy (non-hydrogen) atoms. The van der Waals surface area contributed by atoms with E-state index in [4.69, 9.17) is 5.73 Å². The van der Waals surface area contributed by atoms with E-state index in [1.807, 2.05) is 6.92 Å². The smallest absolute Gasteiger partial charge is 0.256 e. The predicted octanol–water partition coefficient (Wildman–Crippen LogP) is -0.203. The number of nitrogens with one attached hydrogen (secondary N) is 2. The van der Waals surface area contributed by atoms with Gasteiger partial charge in [0, 0.05) is 34.5 Å². The fourth-order valence-electron chi connectivity index (χ4n) is 1.18. The number of nitrogen functional groups attached to an aromatic ring is 1. The molecule has 0 spiro atoms. The Balaban J connectivity index is 2.63. The number of amides is 1. The third-order valence-corrected chi connectivity index (χ3v) is 3.62.